The van der Waals surface area contributed by atoms with Gasteiger partial charge in [0, 0.05) is 5.92 Å². The molecule has 0 saturated heterocycles. The van der Waals surface area contributed by atoms with Crippen LogP contribution in [0.1, 0.15) is 25.7 Å². The van der Waals surface area contributed by atoms with Gasteiger partial charge in [-0.3, -0.25) is 0 Å². The van der Waals surface area contributed by atoms with Crippen molar-refractivity contribution in [3.63, 3.8) is 0 Å². The van der Waals surface area contributed by atoms with Crippen molar-refractivity contribution < 1.29 is 89.1 Å². The van der Waals surface area contributed by atoms with Gasteiger partial charge < -0.3 is 30.0 Å². The maximum absolute atomic E-state index is 10.6. The van der Waals surface area contributed by atoms with E-state index in [0.717, 1.165) is 0 Å². The summed E-state index contributed by atoms with van der Waals surface area (Å²) in [5.41, 5.74) is -3.00. The maximum atomic E-state index is 10.6. The third-order valence-corrected chi connectivity index (χ3v) is 2.86. The van der Waals surface area contributed by atoms with Crippen molar-refractivity contribution in [1.29, 1.82) is 0 Å². The average Bonchev–Trinajstić information content (AvgIpc) is 2.15. The molecule has 6 nitrogen and oxygen atoms in total. The van der Waals surface area contributed by atoms with Crippen LogP contribution in [0.5, 0.6) is 0 Å². The molecule has 1 rings (SSSR count). The van der Waals surface area contributed by atoms with Crippen molar-refractivity contribution in [3.05, 3.63) is 0 Å². The molecular weight excluding hydrogens is 250 g/mol. The van der Waals surface area contributed by atoms with Gasteiger partial charge in [0.25, 0.3) is 0 Å². The summed E-state index contributed by atoms with van der Waals surface area (Å²) >= 11 is 0. The smallest absolute Gasteiger partial charge is 0.547 e. The van der Waals surface area contributed by atoms with E-state index in [1.54, 1.807) is 0 Å². The zero-order valence-corrected chi connectivity index (χ0v) is 14.0. The number of carboxylic acid groups (broad SMARTS) is 2. The van der Waals surface area contributed by atoms with Crippen molar-refractivity contribution in [2.75, 3.05) is 0 Å². The van der Waals surface area contributed by atoms with Gasteiger partial charge in [0.15, 0.2) is 0 Å². The molecule has 0 aromatic carbocycles. The number of carbonyl (C=O) groups is 2. The van der Waals surface area contributed by atoms with E-state index >= 15 is 0 Å². The van der Waals surface area contributed by atoms with Crippen molar-refractivity contribution in [2.24, 2.45) is 5.92 Å². The molecule has 0 bridgehead atoms. The number of hydrogen-bond donors (Lipinski definition) is 2. The second-order valence-corrected chi connectivity index (χ2v) is 3.86. The Morgan fingerprint density at radius 3 is 1.94 bits per heavy atom. The molecule has 1 fully saturated rings. The molecule has 0 aromatic rings. The van der Waals surface area contributed by atoms with Crippen LogP contribution in [0.15, 0.2) is 0 Å². The van der Waals surface area contributed by atoms with Crippen molar-refractivity contribution in [1.82, 2.24) is 0 Å². The molecule has 1 aliphatic rings. The molecule has 0 aliphatic heterocycles. The number of rotatable bonds is 3. The first kappa shape index (κ1) is 20.2. The number of aliphatic hydroxyl groups excluding tert-OH is 1. The Balaban J connectivity index is 0. The van der Waals surface area contributed by atoms with Crippen LogP contribution in [-0.2, 0) is 9.59 Å². The van der Waals surface area contributed by atoms with Crippen LogP contribution in [0.3, 0.4) is 0 Å². The van der Waals surface area contributed by atoms with E-state index in [1.165, 1.54) is 0 Å². The van der Waals surface area contributed by atoms with Gasteiger partial charge in [-0.2, -0.15) is 0 Å². The summed E-state index contributed by atoms with van der Waals surface area (Å²) in [6, 6.07) is 0. The fraction of sp³-hybridized carbons (Fsp3) is 0.778. The van der Waals surface area contributed by atoms with Crippen LogP contribution < -0.4 is 69.3 Å². The number of carboxylic acids is 2. The maximum Gasteiger partial charge on any atom is 1.00 e. The molecule has 0 radical (unpaired) electrons. The van der Waals surface area contributed by atoms with Crippen molar-refractivity contribution in [3.8, 4) is 0 Å². The molecule has 0 aromatic heterocycles. The SMILES string of the molecule is O=C([O-])C(O)(C(=O)[O-])[C@H]1CCC[C@H](O)C1.[Na+].[Na+]. The molecule has 0 unspecified atom stereocenters. The van der Waals surface area contributed by atoms with Crippen LogP contribution in [-0.4, -0.2) is 33.9 Å². The summed E-state index contributed by atoms with van der Waals surface area (Å²) in [5.74, 6) is -5.22. The van der Waals surface area contributed by atoms with Gasteiger partial charge in [-0.05, 0) is 19.3 Å². The largest absolute Gasteiger partial charge is 1.00 e. The van der Waals surface area contributed by atoms with E-state index in [0.29, 0.717) is 12.8 Å². The third kappa shape index (κ3) is 4.47. The van der Waals surface area contributed by atoms with Gasteiger partial charge in [0.05, 0.1) is 18.0 Å². The van der Waals surface area contributed by atoms with Gasteiger partial charge in [0.2, 0.25) is 0 Å². The van der Waals surface area contributed by atoms with E-state index in [1.807, 2.05) is 0 Å². The van der Waals surface area contributed by atoms with Gasteiger partial charge >= 0.3 is 59.1 Å². The minimum absolute atomic E-state index is 0. The molecule has 0 heterocycles. The first-order valence-electron chi connectivity index (χ1n) is 4.72. The molecule has 8 heteroatoms. The van der Waals surface area contributed by atoms with Crippen LogP contribution in [0.25, 0.3) is 0 Å². The zero-order valence-electron chi connectivity index (χ0n) is 10.0. The molecule has 1 saturated carbocycles. The molecule has 17 heavy (non-hydrogen) atoms. The van der Waals surface area contributed by atoms with E-state index in [2.05, 4.69) is 0 Å². The number of carbonyl (C=O) groups excluding carboxylic acids is 2. The molecular formula is C9H12Na2O6. The summed E-state index contributed by atoms with van der Waals surface area (Å²) in [4.78, 5) is 21.2. The molecule has 1 aliphatic carbocycles. The van der Waals surface area contributed by atoms with E-state index in [-0.39, 0.29) is 72.0 Å². The van der Waals surface area contributed by atoms with Gasteiger partial charge in [-0.15, -0.1) is 0 Å². The zero-order chi connectivity index (χ0) is 11.6. The van der Waals surface area contributed by atoms with Crippen molar-refractivity contribution >= 4 is 11.9 Å². The normalized spacial score (nSPS) is 24.1. The van der Waals surface area contributed by atoms with Crippen LogP contribution in [0.2, 0.25) is 0 Å². The standard InChI is InChI=1S/C9H14O6.2Na/c10-6-3-1-2-5(4-6)9(15,7(11)12)8(13)14;;/h5-6,10,15H,1-4H2,(H,11,12)(H,13,14);;/q;2*+1/p-2/t5-,6-;;/m0../s1. The average molecular weight is 262 g/mol. The molecule has 0 amide bonds. The predicted molar refractivity (Wildman–Crippen MR) is 42.9 cm³/mol. The second-order valence-electron chi connectivity index (χ2n) is 3.86. The molecule has 2 N–H and O–H groups in total. The Morgan fingerprint density at radius 2 is 1.59 bits per heavy atom. The van der Waals surface area contributed by atoms with Gasteiger partial charge in [-0.25, -0.2) is 0 Å². The van der Waals surface area contributed by atoms with Crippen LogP contribution >= 0.6 is 0 Å². The Morgan fingerprint density at radius 1 is 1.12 bits per heavy atom. The summed E-state index contributed by atoms with van der Waals surface area (Å²) in [6.07, 6.45) is 0.309. The predicted octanol–water partition coefficient (Wildman–Crippen LogP) is -9.22. The van der Waals surface area contributed by atoms with Crippen molar-refractivity contribution in [2.45, 2.75) is 37.4 Å². The Hall–Kier alpha value is 0.860. The summed E-state index contributed by atoms with van der Waals surface area (Å²) in [5, 5.41) is 40.0. The van der Waals surface area contributed by atoms with E-state index < -0.39 is 29.6 Å². The fourth-order valence-electron chi connectivity index (χ4n) is 1.96. The minimum Gasteiger partial charge on any atom is -0.547 e. The van der Waals surface area contributed by atoms with E-state index in [4.69, 9.17) is 0 Å². The minimum atomic E-state index is -3.00. The number of hydrogen-bond acceptors (Lipinski definition) is 6. The van der Waals surface area contributed by atoms with E-state index in [9.17, 15) is 30.0 Å². The first-order chi connectivity index (χ1) is 6.89. The first-order valence-corrected chi connectivity index (χ1v) is 4.72. The topological polar surface area (TPSA) is 121 Å². The van der Waals surface area contributed by atoms with Gasteiger partial charge in [0.1, 0.15) is 5.60 Å². The summed E-state index contributed by atoms with van der Waals surface area (Å²) < 4.78 is 0. The van der Waals surface area contributed by atoms with Crippen LogP contribution in [0.4, 0.5) is 0 Å². The summed E-state index contributed by atoms with van der Waals surface area (Å²) in [7, 11) is 0. The van der Waals surface area contributed by atoms with Gasteiger partial charge in [-0.1, -0.05) is 6.42 Å². The summed E-state index contributed by atoms with van der Waals surface area (Å²) in [6.45, 7) is 0. The molecule has 2 atom stereocenters. The Labute approximate surface area is 143 Å². The molecule has 86 valence electrons. The Kier molecular flexibility index (Phi) is 9.64. The quantitative estimate of drug-likeness (QED) is 0.385. The van der Waals surface area contributed by atoms with Crippen LogP contribution in [0, 0.1) is 5.92 Å². The molecule has 0 spiro atoms. The number of aliphatic carboxylic acids is 2. The fourth-order valence-corrected chi connectivity index (χ4v) is 1.96. The Bertz CT molecular complexity index is 269. The third-order valence-electron chi connectivity index (χ3n) is 2.86. The monoisotopic (exact) mass is 262 g/mol. The number of aliphatic hydroxyl groups is 2. The second kappa shape index (κ2) is 8.12.